The molecular weight excluding hydrogens is 536 g/mol. The van der Waals surface area contributed by atoms with Gasteiger partial charge in [0.25, 0.3) is 5.56 Å². The van der Waals surface area contributed by atoms with Gasteiger partial charge in [-0.2, -0.15) is 0 Å². The zero-order valence-corrected chi connectivity index (χ0v) is 25.6. The summed E-state index contributed by atoms with van der Waals surface area (Å²) in [5.74, 6) is -0.609. The molecule has 3 aliphatic carbocycles. The molecular formula is C32H48N4O6. The topological polar surface area (TPSA) is 134 Å². The summed E-state index contributed by atoms with van der Waals surface area (Å²) in [7, 11) is 0. The van der Waals surface area contributed by atoms with Crippen LogP contribution in [0.3, 0.4) is 0 Å². The highest BCUT2D eigenvalue weighted by Gasteiger charge is 2.68. The molecule has 4 aliphatic rings. The summed E-state index contributed by atoms with van der Waals surface area (Å²) in [6.45, 7) is 17.2. The van der Waals surface area contributed by atoms with Crippen LogP contribution in [-0.4, -0.2) is 83.3 Å². The number of aromatic nitrogens is 2. The van der Waals surface area contributed by atoms with Gasteiger partial charge in [0.2, 0.25) is 5.95 Å². The normalized spacial score (nSPS) is 38.7. The predicted octanol–water partition coefficient (Wildman–Crippen LogP) is 3.42. The SMILES string of the molecule is C=C[C@]1(C)C[C@@H](OC(=O)c2cnc(NCCCN3CCOCC3)[nH]c2=O)[C@@]2(C)C3C(=O)CC[C@@]3(CC[C@H]2C)[C@@H](C)[C@@H]1O. The Morgan fingerprint density at radius 3 is 2.71 bits per heavy atom. The van der Waals surface area contributed by atoms with E-state index in [0.717, 1.165) is 58.5 Å². The fourth-order valence-corrected chi connectivity index (χ4v) is 8.66. The lowest BCUT2D eigenvalue weighted by Gasteiger charge is -2.61. The molecule has 1 saturated heterocycles. The molecule has 3 N–H and O–H groups in total. The van der Waals surface area contributed by atoms with Crippen LogP contribution >= 0.6 is 0 Å². The summed E-state index contributed by atoms with van der Waals surface area (Å²) in [5.41, 5.74) is -2.51. The molecule has 2 bridgehead atoms. The average Bonchev–Trinajstić information content (AvgIpc) is 3.34. The molecule has 42 heavy (non-hydrogen) atoms. The van der Waals surface area contributed by atoms with Crippen LogP contribution in [0.1, 0.15) is 76.6 Å². The molecule has 0 aromatic carbocycles. The van der Waals surface area contributed by atoms with Crippen LogP contribution in [0.15, 0.2) is 23.6 Å². The Hall–Kier alpha value is -2.56. The Kier molecular flexibility index (Phi) is 8.71. The van der Waals surface area contributed by atoms with E-state index in [1.807, 2.05) is 6.92 Å². The molecule has 1 aliphatic heterocycles. The summed E-state index contributed by atoms with van der Waals surface area (Å²) in [6.07, 6.45) is 5.70. The van der Waals surface area contributed by atoms with Gasteiger partial charge in [-0.3, -0.25) is 19.5 Å². The highest BCUT2D eigenvalue weighted by atomic mass is 16.5. The number of morpholine rings is 1. The molecule has 1 aromatic heterocycles. The fraction of sp³-hybridized carbons (Fsp3) is 0.750. The maximum Gasteiger partial charge on any atom is 0.345 e. The highest BCUT2D eigenvalue weighted by molar-refractivity contribution is 5.89. The van der Waals surface area contributed by atoms with Gasteiger partial charge in [-0.05, 0) is 55.9 Å². The van der Waals surface area contributed by atoms with E-state index in [-0.39, 0.29) is 34.5 Å². The van der Waals surface area contributed by atoms with Gasteiger partial charge in [0.1, 0.15) is 17.5 Å². The number of esters is 1. The maximum atomic E-state index is 13.6. The van der Waals surface area contributed by atoms with Crippen molar-refractivity contribution in [3.8, 4) is 0 Å². The molecule has 2 heterocycles. The number of nitrogens with zero attached hydrogens (tertiary/aromatic N) is 2. The van der Waals surface area contributed by atoms with E-state index in [4.69, 9.17) is 9.47 Å². The molecule has 1 aromatic rings. The first-order chi connectivity index (χ1) is 20.0. The maximum absolute atomic E-state index is 13.6. The first-order valence-corrected chi connectivity index (χ1v) is 15.6. The molecule has 4 fully saturated rings. The molecule has 1 unspecified atom stereocenters. The van der Waals surface area contributed by atoms with Crippen LogP contribution < -0.4 is 10.9 Å². The molecule has 232 valence electrons. The zero-order chi connectivity index (χ0) is 30.3. The van der Waals surface area contributed by atoms with Gasteiger partial charge in [-0.15, -0.1) is 6.58 Å². The number of hydrogen-bond acceptors (Lipinski definition) is 9. The Morgan fingerprint density at radius 1 is 1.29 bits per heavy atom. The molecule has 10 heteroatoms. The van der Waals surface area contributed by atoms with Gasteiger partial charge < -0.3 is 19.9 Å². The molecule has 0 amide bonds. The zero-order valence-electron chi connectivity index (χ0n) is 25.6. The van der Waals surface area contributed by atoms with Gasteiger partial charge in [0.05, 0.1) is 25.5 Å². The molecule has 5 rings (SSSR count). The van der Waals surface area contributed by atoms with E-state index >= 15 is 0 Å². The Labute approximate surface area is 248 Å². The van der Waals surface area contributed by atoms with Crippen molar-refractivity contribution in [2.75, 3.05) is 44.7 Å². The van der Waals surface area contributed by atoms with Crippen LogP contribution in [0.5, 0.6) is 0 Å². The number of anilines is 1. The molecule has 0 spiro atoms. The largest absolute Gasteiger partial charge is 0.458 e. The molecule has 0 radical (unpaired) electrons. The van der Waals surface area contributed by atoms with Crippen molar-refractivity contribution in [1.29, 1.82) is 0 Å². The van der Waals surface area contributed by atoms with E-state index in [0.29, 0.717) is 25.3 Å². The van der Waals surface area contributed by atoms with Crippen molar-refractivity contribution in [2.24, 2.45) is 34.0 Å². The minimum atomic E-state index is -0.766. The van der Waals surface area contributed by atoms with Crippen molar-refractivity contribution >= 4 is 17.7 Å². The third-order valence-corrected chi connectivity index (χ3v) is 11.6. The van der Waals surface area contributed by atoms with Crippen molar-refractivity contribution in [2.45, 2.75) is 78.4 Å². The Bertz CT molecular complexity index is 1250. The number of aliphatic hydroxyl groups is 1. The lowest BCUT2D eigenvalue weighted by atomic mass is 9.44. The monoisotopic (exact) mass is 584 g/mol. The number of H-pyrrole nitrogens is 1. The fourth-order valence-electron chi connectivity index (χ4n) is 8.66. The van der Waals surface area contributed by atoms with Gasteiger partial charge in [0, 0.05) is 42.8 Å². The first kappa shape index (κ1) is 30.9. The summed E-state index contributed by atoms with van der Waals surface area (Å²) in [5, 5.41) is 14.8. The van der Waals surface area contributed by atoms with Crippen molar-refractivity contribution in [1.82, 2.24) is 14.9 Å². The Balaban J connectivity index is 1.36. The Morgan fingerprint density at radius 2 is 2.02 bits per heavy atom. The van der Waals surface area contributed by atoms with Crippen molar-refractivity contribution < 1.29 is 24.2 Å². The van der Waals surface area contributed by atoms with Gasteiger partial charge in [0.15, 0.2) is 0 Å². The summed E-state index contributed by atoms with van der Waals surface area (Å²) < 4.78 is 11.6. The van der Waals surface area contributed by atoms with E-state index < -0.39 is 34.6 Å². The van der Waals surface area contributed by atoms with Crippen LogP contribution in [0.25, 0.3) is 0 Å². The first-order valence-electron chi connectivity index (χ1n) is 15.6. The van der Waals surface area contributed by atoms with E-state index in [1.165, 1.54) is 6.20 Å². The number of carbonyl (C=O) groups excluding carboxylic acids is 2. The van der Waals surface area contributed by atoms with Gasteiger partial charge in [-0.1, -0.05) is 33.8 Å². The van der Waals surface area contributed by atoms with E-state index in [9.17, 15) is 19.5 Å². The number of hydrogen-bond donors (Lipinski definition) is 3. The van der Waals surface area contributed by atoms with Crippen molar-refractivity contribution in [3.05, 3.63) is 34.8 Å². The lowest BCUT2D eigenvalue weighted by Crippen LogP contribution is -2.63. The predicted molar refractivity (Wildman–Crippen MR) is 159 cm³/mol. The number of rotatable bonds is 8. The minimum Gasteiger partial charge on any atom is -0.458 e. The molecule has 3 saturated carbocycles. The highest BCUT2D eigenvalue weighted by Crippen LogP contribution is 2.68. The van der Waals surface area contributed by atoms with Crippen LogP contribution in [-0.2, 0) is 14.3 Å². The van der Waals surface area contributed by atoms with Gasteiger partial charge >= 0.3 is 5.97 Å². The number of aliphatic hydroxyl groups excluding tert-OH is 1. The van der Waals surface area contributed by atoms with Crippen LogP contribution in [0, 0.1) is 34.0 Å². The third kappa shape index (κ3) is 5.24. The second-order valence-electron chi connectivity index (χ2n) is 13.7. The number of Topliss-reactive ketones (excluding diaryl/α,β-unsaturated/α-hetero) is 1. The minimum absolute atomic E-state index is 0.104. The smallest absolute Gasteiger partial charge is 0.345 e. The van der Waals surface area contributed by atoms with Crippen LogP contribution in [0.2, 0.25) is 0 Å². The number of aromatic amines is 1. The third-order valence-electron chi connectivity index (χ3n) is 11.6. The van der Waals surface area contributed by atoms with E-state index in [2.05, 4.69) is 47.5 Å². The van der Waals surface area contributed by atoms with Crippen LogP contribution in [0.4, 0.5) is 5.95 Å². The van der Waals surface area contributed by atoms with Gasteiger partial charge in [-0.25, -0.2) is 9.78 Å². The second-order valence-corrected chi connectivity index (χ2v) is 13.7. The number of ketones is 1. The number of nitrogens with one attached hydrogen (secondary N) is 2. The van der Waals surface area contributed by atoms with E-state index in [1.54, 1.807) is 6.08 Å². The molecule has 8 atom stereocenters. The summed E-state index contributed by atoms with van der Waals surface area (Å²) >= 11 is 0. The summed E-state index contributed by atoms with van der Waals surface area (Å²) in [4.78, 5) is 49.5. The number of carbonyl (C=O) groups is 2. The quantitative estimate of drug-likeness (QED) is 0.239. The lowest BCUT2D eigenvalue weighted by molar-refractivity contribution is -0.192. The van der Waals surface area contributed by atoms with Crippen molar-refractivity contribution in [3.63, 3.8) is 0 Å². The number of ether oxygens (including phenoxy) is 2. The summed E-state index contributed by atoms with van der Waals surface area (Å²) in [6, 6.07) is 0. The standard InChI is InChI=1S/C32H48N4O6/c1-6-30(4)18-24(31(5)20(2)8-10-32(21(3)26(30)38)11-9-23(37)25(31)32)42-28(40)22-19-34-29(35-27(22)39)33-12-7-13-36-14-16-41-17-15-36/h6,19-21,24-26,38H,1,7-18H2,2-5H3,(H2,33,34,35,39)/t20-,21+,24-,25?,26+,30-,31+,32+/m1/s1. The average molecular weight is 585 g/mol. The second kappa shape index (κ2) is 11.8. The molecule has 10 nitrogen and oxygen atoms in total.